The molecule has 1 aromatic heterocycles. The molecule has 1 amide bonds. The van der Waals surface area contributed by atoms with E-state index in [0.29, 0.717) is 10.7 Å². The second-order valence-corrected chi connectivity index (χ2v) is 7.54. The average Bonchev–Trinajstić information content (AvgIpc) is 3.09. The van der Waals surface area contributed by atoms with Crippen LogP contribution in [0.25, 0.3) is 10.9 Å². The lowest BCUT2D eigenvalue weighted by atomic mass is 10.0. The molecular weight excluding hydrogens is 382 g/mol. The van der Waals surface area contributed by atoms with E-state index in [1.54, 1.807) is 0 Å². The smallest absolute Gasteiger partial charge is 0.328 e. The van der Waals surface area contributed by atoms with Crippen molar-refractivity contribution in [3.8, 4) is 0 Å². The number of nitrogens with one attached hydrogen (secondary N) is 2. The number of hydrogen-bond acceptors (Lipinski definition) is 5. The highest BCUT2D eigenvalue weighted by Gasteiger charge is 2.23. The lowest BCUT2D eigenvalue weighted by Crippen LogP contribution is -2.44. The first kappa shape index (κ1) is 21.2. The number of hydrogen-bond donors (Lipinski definition) is 2. The highest BCUT2D eigenvalue weighted by atomic mass is 32.2. The van der Waals surface area contributed by atoms with E-state index < -0.39 is 12.0 Å². The number of aromatic amines is 1. The van der Waals surface area contributed by atoms with Gasteiger partial charge >= 0.3 is 5.97 Å². The first-order valence-electron chi connectivity index (χ1n) is 8.84. The largest absolute Gasteiger partial charge is 0.467 e. The predicted molar refractivity (Wildman–Crippen MR) is 114 cm³/mol. The van der Waals surface area contributed by atoms with Crippen molar-refractivity contribution in [3.05, 3.63) is 36.0 Å². The van der Waals surface area contributed by atoms with E-state index in [9.17, 15) is 9.59 Å². The van der Waals surface area contributed by atoms with Crippen LogP contribution in [-0.4, -0.2) is 58.1 Å². The van der Waals surface area contributed by atoms with E-state index in [2.05, 4.69) is 10.3 Å². The molecule has 0 unspecified atom stereocenters. The van der Waals surface area contributed by atoms with E-state index in [1.165, 1.54) is 18.9 Å². The molecule has 1 aromatic carbocycles. The molecule has 1 atom stereocenters. The summed E-state index contributed by atoms with van der Waals surface area (Å²) in [4.78, 5) is 29.7. The Balaban J connectivity index is 2.01. The van der Waals surface area contributed by atoms with Crippen LogP contribution in [0.1, 0.15) is 19.4 Å². The summed E-state index contributed by atoms with van der Waals surface area (Å²) in [5.41, 5.74) is 1.94. The van der Waals surface area contributed by atoms with Crippen LogP contribution in [0.5, 0.6) is 0 Å². The number of H-pyrrole nitrogens is 1. The van der Waals surface area contributed by atoms with Gasteiger partial charge in [0.05, 0.1) is 12.9 Å². The molecular formula is C19H25N3O3S2. The van der Waals surface area contributed by atoms with Crippen molar-refractivity contribution in [2.75, 3.05) is 26.0 Å². The number of nitrogens with zero attached hydrogens (tertiary/aromatic N) is 1. The number of amides is 1. The number of fused-ring (bicyclic) bond motifs is 1. The first-order chi connectivity index (χ1) is 13.0. The fourth-order valence-electron chi connectivity index (χ4n) is 2.79. The van der Waals surface area contributed by atoms with Gasteiger partial charge in [0, 0.05) is 36.6 Å². The third-order valence-corrected chi connectivity index (χ3v) is 5.79. The summed E-state index contributed by atoms with van der Waals surface area (Å²) >= 11 is 6.64. The zero-order valence-corrected chi connectivity index (χ0v) is 17.4. The van der Waals surface area contributed by atoms with Crippen LogP contribution in [0.15, 0.2) is 30.5 Å². The van der Waals surface area contributed by atoms with E-state index in [-0.39, 0.29) is 11.7 Å². The Bertz CT molecular complexity index is 802. The van der Waals surface area contributed by atoms with Crippen LogP contribution in [0, 0.1) is 0 Å². The maximum absolute atomic E-state index is 12.3. The molecule has 0 spiro atoms. The SMILES string of the molecule is CCN(CC)C(=S)SCC(=O)N[C@H](Cc1c[nH]c2ccccc12)C(=O)OC. The maximum Gasteiger partial charge on any atom is 0.328 e. The van der Waals surface area contributed by atoms with Crippen LogP contribution in [0.3, 0.4) is 0 Å². The molecule has 0 bridgehead atoms. The Morgan fingerprint density at radius 3 is 2.67 bits per heavy atom. The lowest BCUT2D eigenvalue weighted by Gasteiger charge is -2.21. The van der Waals surface area contributed by atoms with Crippen molar-refractivity contribution in [3.63, 3.8) is 0 Å². The Kier molecular flexibility index (Phi) is 8.12. The number of thiocarbonyl (C=S) groups is 1. The number of carbonyl (C=O) groups excluding carboxylic acids is 2. The summed E-state index contributed by atoms with van der Waals surface area (Å²) in [5, 5.41) is 3.80. The quantitative estimate of drug-likeness (QED) is 0.518. The van der Waals surface area contributed by atoms with Crippen LogP contribution in [-0.2, 0) is 20.7 Å². The van der Waals surface area contributed by atoms with Crippen LogP contribution in [0.2, 0.25) is 0 Å². The third kappa shape index (κ3) is 5.71. The lowest BCUT2D eigenvalue weighted by molar-refractivity contribution is -0.144. The zero-order chi connectivity index (χ0) is 19.8. The average molecular weight is 408 g/mol. The number of rotatable bonds is 8. The fourth-order valence-corrected chi connectivity index (χ4v) is 4.01. The molecule has 0 aliphatic carbocycles. The van der Waals surface area contributed by atoms with Gasteiger partial charge < -0.3 is 19.9 Å². The van der Waals surface area contributed by atoms with Crippen molar-refractivity contribution in [2.45, 2.75) is 26.3 Å². The second-order valence-electron chi connectivity index (χ2n) is 5.93. The van der Waals surface area contributed by atoms with Gasteiger partial charge in [-0.1, -0.05) is 42.2 Å². The highest BCUT2D eigenvalue weighted by Crippen LogP contribution is 2.19. The van der Waals surface area contributed by atoms with Gasteiger partial charge in [-0.25, -0.2) is 4.79 Å². The number of aromatic nitrogens is 1. The summed E-state index contributed by atoms with van der Waals surface area (Å²) in [7, 11) is 1.32. The van der Waals surface area contributed by atoms with Gasteiger partial charge in [0.15, 0.2) is 0 Å². The summed E-state index contributed by atoms with van der Waals surface area (Å²) in [6.07, 6.45) is 2.21. The second kappa shape index (κ2) is 10.3. The minimum atomic E-state index is -0.746. The Labute approximate surface area is 169 Å². The standard InChI is InChI=1S/C19H25N3O3S2/c1-4-22(5-2)19(26)27-12-17(23)21-16(18(24)25-3)10-13-11-20-15-9-7-6-8-14(13)15/h6-9,11,16,20H,4-5,10,12H2,1-3H3,(H,21,23)/t16-/m1/s1. The Morgan fingerprint density at radius 2 is 2.00 bits per heavy atom. The molecule has 0 radical (unpaired) electrons. The van der Waals surface area contributed by atoms with Crippen molar-refractivity contribution in [1.82, 2.24) is 15.2 Å². The van der Waals surface area contributed by atoms with Gasteiger partial charge in [-0.2, -0.15) is 0 Å². The number of methoxy groups -OCH3 is 1. The van der Waals surface area contributed by atoms with Crippen LogP contribution in [0.4, 0.5) is 0 Å². The normalized spacial score (nSPS) is 11.8. The molecule has 0 saturated heterocycles. The number of carbonyl (C=O) groups is 2. The molecule has 27 heavy (non-hydrogen) atoms. The molecule has 2 N–H and O–H groups in total. The molecule has 0 aliphatic rings. The number of ether oxygens (including phenoxy) is 1. The molecule has 6 nitrogen and oxygen atoms in total. The highest BCUT2D eigenvalue weighted by molar-refractivity contribution is 8.23. The molecule has 2 aromatic rings. The van der Waals surface area contributed by atoms with Crippen LogP contribution < -0.4 is 5.32 Å². The van der Waals surface area contributed by atoms with E-state index >= 15 is 0 Å². The summed E-state index contributed by atoms with van der Waals surface area (Å²) < 4.78 is 5.55. The molecule has 2 rings (SSSR count). The van der Waals surface area contributed by atoms with Gasteiger partial charge in [-0.3, -0.25) is 4.79 Å². The summed E-state index contributed by atoms with van der Waals surface area (Å²) in [6, 6.07) is 7.09. The number of benzene rings is 1. The fraction of sp³-hybridized carbons (Fsp3) is 0.421. The molecule has 146 valence electrons. The van der Waals surface area contributed by atoms with Crippen molar-refractivity contribution in [1.29, 1.82) is 0 Å². The van der Waals surface area contributed by atoms with Crippen molar-refractivity contribution in [2.24, 2.45) is 0 Å². The molecule has 0 saturated carbocycles. The van der Waals surface area contributed by atoms with Gasteiger partial charge in [-0.15, -0.1) is 0 Å². The van der Waals surface area contributed by atoms with E-state index in [0.717, 1.165) is 29.6 Å². The van der Waals surface area contributed by atoms with Crippen molar-refractivity contribution < 1.29 is 14.3 Å². The molecule has 0 aliphatic heterocycles. The van der Waals surface area contributed by atoms with Gasteiger partial charge in [-0.05, 0) is 25.5 Å². The minimum absolute atomic E-state index is 0.163. The molecule has 1 heterocycles. The van der Waals surface area contributed by atoms with E-state index in [4.69, 9.17) is 17.0 Å². The summed E-state index contributed by atoms with van der Waals surface area (Å²) in [5.74, 6) is -0.550. The van der Waals surface area contributed by atoms with Crippen LogP contribution >= 0.6 is 24.0 Å². The molecule has 0 fully saturated rings. The van der Waals surface area contributed by atoms with Gasteiger partial charge in [0.2, 0.25) is 5.91 Å². The van der Waals surface area contributed by atoms with Gasteiger partial charge in [0.25, 0.3) is 0 Å². The Hall–Kier alpha value is -2.06. The monoisotopic (exact) mass is 407 g/mol. The summed E-state index contributed by atoms with van der Waals surface area (Å²) in [6.45, 7) is 5.64. The van der Waals surface area contributed by atoms with E-state index in [1.807, 2.05) is 49.2 Å². The number of esters is 1. The van der Waals surface area contributed by atoms with Gasteiger partial charge in [0.1, 0.15) is 10.4 Å². The predicted octanol–water partition coefficient (Wildman–Crippen LogP) is 2.73. The van der Waals surface area contributed by atoms with Crippen molar-refractivity contribution >= 4 is 51.1 Å². The maximum atomic E-state index is 12.3. The Morgan fingerprint density at radius 1 is 1.30 bits per heavy atom. The zero-order valence-electron chi connectivity index (χ0n) is 15.8. The number of para-hydroxylation sites is 1. The minimum Gasteiger partial charge on any atom is -0.467 e. The number of thioether (sulfide) groups is 1. The first-order valence-corrected chi connectivity index (χ1v) is 10.2. The third-order valence-electron chi connectivity index (χ3n) is 4.27. The molecule has 8 heteroatoms. The topological polar surface area (TPSA) is 74.4 Å².